The van der Waals surface area contributed by atoms with Crippen LogP contribution in [0.5, 0.6) is 0 Å². The molecule has 2 aromatic rings. The number of aryl methyl sites for hydroxylation is 1. The van der Waals surface area contributed by atoms with Gasteiger partial charge in [-0.05, 0) is 30.2 Å². The Bertz CT molecular complexity index is 603. The first-order valence-electron chi connectivity index (χ1n) is 6.10. The van der Waals surface area contributed by atoms with Crippen molar-refractivity contribution in [1.29, 1.82) is 0 Å². The van der Waals surface area contributed by atoms with E-state index in [1.807, 2.05) is 36.4 Å². The van der Waals surface area contributed by atoms with Crippen molar-refractivity contribution in [1.82, 2.24) is 0 Å². The van der Waals surface area contributed by atoms with Crippen LogP contribution in [0.4, 0.5) is 5.69 Å². The summed E-state index contributed by atoms with van der Waals surface area (Å²) in [5.41, 5.74) is 4.23. The number of benzene rings is 2. The number of halogens is 1. The molecule has 0 spiro atoms. The van der Waals surface area contributed by atoms with Gasteiger partial charge in [0.15, 0.2) is 0 Å². The van der Waals surface area contributed by atoms with Gasteiger partial charge in [-0.25, -0.2) is 5.84 Å². The van der Waals surface area contributed by atoms with Crippen molar-refractivity contribution >= 4 is 29.4 Å². The van der Waals surface area contributed by atoms with Gasteiger partial charge in [0.1, 0.15) is 0 Å². The lowest BCUT2D eigenvalue weighted by Gasteiger charge is -2.16. The van der Waals surface area contributed by atoms with E-state index in [0.29, 0.717) is 5.02 Å². The van der Waals surface area contributed by atoms with Gasteiger partial charge >= 0.3 is 0 Å². The smallest absolute Gasteiger partial charge is 0.0601 e. The third kappa shape index (κ3) is 3.16. The maximum absolute atomic E-state index is 6.25. The summed E-state index contributed by atoms with van der Waals surface area (Å²) in [5.74, 6) is 5.82. The highest BCUT2D eigenvalue weighted by Gasteiger charge is 2.06. The molecule has 0 aliphatic heterocycles. The zero-order valence-corrected chi connectivity index (χ0v) is 11.9. The Kier molecular flexibility index (Phi) is 4.25. The summed E-state index contributed by atoms with van der Waals surface area (Å²) in [6.07, 6.45) is 4.06. The fraction of sp³-hybridized carbons (Fsp3) is 0.125. The molecular formula is C16H17ClN2. The van der Waals surface area contributed by atoms with Gasteiger partial charge in [-0.15, -0.1) is 0 Å². The van der Waals surface area contributed by atoms with Crippen LogP contribution in [0.3, 0.4) is 0 Å². The number of hydrazine groups is 1. The molecule has 0 saturated heterocycles. The van der Waals surface area contributed by atoms with Crippen LogP contribution in [-0.2, 0) is 0 Å². The average Bonchev–Trinajstić information content (AvgIpc) is 2.38. The number of rotatable bonds is 3. The summed E-state index contributed by atoms with van der Waals surface area (Å²) in [4.78, 5) is 0. The third-order valence-corrected chi connectivity index (χ3v) is 3.36. The molecule has 0 unspecified atom stereocenters. The minimum absolute atomic E-state index is 0.694. The van der Waals surface area contributed by atoms with Gasteiger partial charge in [0, 0.05) is 17.6 Å². The van der Waals surface area contributed by atoms with E-state index >= 15 is 0 Å². The first kappa shape index (κ1) is 13.7. The van der Waals surface area contributed by atoms with E-state index in [-0.39, 0.29) is 0 Å². The molecule has 0 aromatic heterocycles. The molecule has 0 heterocycles. The predicted molar refractivity (Wildman–Crippen MR) is 84.1 cm³/mol. The SMILES string of the molecule is Cc1ccccc1/C=C/c1c(Cl)cccc1N(C)N. The van der Waals surface area contributed by atoms with Gasteiger partial charge in [-0.1, -0.05) is 54.1 Å². The number of anilines is 1. The lowest BCUT2D eigenvalue weighted by molar-refractivity contribution is 1.02. The van der Waals surface area contributed by atoms with Gasteiger partial charge < -0.3 is 5.01 Å². The zero-order valence-electron chi connectivity index (χ0n) is 11.1. The van der Waals surface area contributed by atoms with Crippen LogP contribution in [0.2, 0.25) is 5.02 Å². The van der Waals surface area contributed by atoms with Gasteiger partial charge in [-0.2, -0.15) is 0 Å². The van der Waals surface area contributed by atoms with Crippen molar-refractivity contribution in [3.05, 3.63) is 64.2 Å². The zero-order chi connectivity index (χ0) is 13.8. The van der Waals surface area contributed by atoms with Crippen LogP contribution in [0.1, 0.15) is 16.7 Å². The molecule has 0 amide bonds. The van der Waals surface area contributed by atoms with Gasteiger partial charge in [0.05, 0.1) is 5.69 Å². The van der Waals surface area contributed by atoms with Crippen LogP contribution in [-0.4, -0.2) is 7.05 Å². The van der Waals surface area contributed by atoms with E-state index < -0.39 is 0 Å². The highest BCUT2D eigenvalue weighted by molar-refractivity contribution is 6.32. The van der Waals surface area contributed by atoms with Gasteiger partial charge in [0.2, 0.25) is 0 Å². The highest BCUT2D eigenvalue weighted by Crippen LogP contribution is 2.28. The van der Waals surface area contributed by atoms with E-state index in [1.54, 1.807) is 12.1 Å². The molecule has 98 valence electrons. The highest BCUT2D eigenvalue weighted by atomic mass is 35.5. The van der Waals surface area contributed by atoms with Crippen molar-refractivity contribution in [3.63, 3.8) is 0 Å². The standard InChI is InChI=1S/C16H17ClN2/c1-12-6-3-4-7-13(12)10-11-14-15(17)8-5-9-16(14)19(2)18/h3-11H,18H2,1-2H3/b11-10+. The van der Waals surface area contributed by atoms with Crippen molar-refractivity contribution in [2.45, 2.75) is 6.92 Å². The van der Waals surface area contributed by atoms with Crippen LogP contribution in [0.15, 0.2) is 42.5 Å². The maximum Gasteiger partial charge on any atom is 0.0601 e. The molecule has 2 nitrogen and oxygen atoms in total. The first-order valence-corrected chi connectivity index (χ1v) is 6.48. The van der Waals surface area contributed by atoms with E-state index in [1.165, 1.54) is 11.1 Å². The molecule has 0 aliphatic carbocycles. The summed E-state index contributed by atoms with van der Waals surface area (Å²) in [7, 11) is 1.80. The topological polar surface area (TPSA) is 29.3 Å². The fourth-order valence-corrected chi connectivity index (χ4v) is 2.18. The van der Waals surface area contributed by atoms with Gasteiger partial charge in [0.25, 0.3) is 0 Å². The van der Waals surface area contributed by atoms with Crippen molar-refractivity contribution in [2.24, 2.45) is 5.84 Å². The summed E-state index contributed by atoms with van der Waals surface area (Å²) >= 11 is 6.25. The third-order valence-electron chi connectivity index (χ3n) is 3.03. The first-order chi connectivity index (χ1) is 9.09. The second-order valence-corrected chi connectivity index (χ2v) is 4.88. The van der Waals surface area contributed by atoms with Crippen LogP contribution < -0.4 is 10.9 Å². The summed E-state index contributed by atoms with van der Waals surface area (Å²) in [6, 6.07) is 13.9. The van der Waals surface area contributed by atoms with Crippen molar-refractivity contribution in [2.75, 3.05) is 12.1 Å². The minimum Gasteiger partial charge on any atom is -0.313 e. The number of hydrogen-bond donors (Lipinski definition) is 1. The number of nitrogens with zero attached hydrogens (tertiary/aromatic N) is 1. The molecule has 0 saturated carbocycles. The molecule has 2 rings (SSSR count). The fourth-order valence-electron chi connectivity index (χ4n) is 1.95. The molecule has 2 N–H and O–H groups in total. The average molecular weight is 273 g/mol. The lowest BCUT2D eigenvalue weighted by Crippen LogP contribution is -2.25. The molecule has 0 bridgehead atoms. The predicted octanol–water partition coefficient (Wildman–Crippen LogP) is 4.13. The maximum atomic E-state index is 6.25. The Morgan fingerprint density at radius 1 is 1.05 bits per heavy atom. The Morgan fingerprint density at radius 2 is 1.79 bits per heavy atom. The van der Waals surface area contributed by atoms with E-state index in [4.69, 9.17) is 17.4 Å². The van der Waals surface area contributed by atoms with E-state index in [9.17, 15) is 0 Å². The molecule has 0 atom stereocenters. The Labute approximate surface area is 119 Å². The Hall–Kier alpha value is -1.77. The Morgan fingerprint density at radius 3 is 2.47 bits per heavy atom. The summed E-state index contributed by atoms with van der Waals surface area (Å²) in [6.45, 7) is 2.09. The van der Waals surface area contributed by atoms with Crippen LogP contribution in [0, 0.1) is 6.92 Å². The molecule has 2 aromatic carbocycles. The van der Waals surface area contributed by atoms with Crippen LogP contribution in [0.25, 0.3) is 12.2 Å². The lowest BCUT2D eigenvalue weighted by atomic mass is 10.1. The second-order valence-electron chi connectivity index (χ2n) is 4.47. The van der Waals surface area contributed by atoms with Crippen LogP contribution >= 0.6 is 11.6 Å². The molecular weight excluding hydrogens is 256 g/mol. The van der Waals surface area contributed by atoms with E-state index in [0.717, 1.165) is 11.3 Å². The summed E-state index contributed by atoms with van der Waals surface area (Å²) < 4.78 is 0. The molecule has 0 radical (unpaired) electrons. The van der Waals surface area contributed by atoms with Crippen molar-refractivity contribution < 1.29 is 0 Å². The monoisotopic (exact) mass is 272 g/mol. The minimum atomic E-state index is 0.694. The van der Waals surface area contributed by atoms with Crippen molar-refractivity contribution in [3.8, 4) is 0 Å². The molecule has 19 heavy (non-hydrogen) atoms. The Balaban J connectivity index is 2.41. The molecule has 0 fully saturated rings. The normalized spacial score (nSPS) is 10.9. The quantitative estimate of drug-likeness (QED) is 0.517. The summed E-state index contributed by atoms with van der Waals surface area (Å²) in [5, 5.41) is 2.27. The molecule has 0 aliphatic rings. The van der Waals surface area contributed by atoms with Gasteiger partial charge in [-0.3, -0.25) is 0 Å². The number of nitrogens with two attached hydrogens (primary N) is 1. The molecule has 3 heteroatoms. The second kappa shape index (κ2) is 5.91. The number of hydrogen-bond acceptors (Lipinski definition) is 2. The largest absolute Gasteiger partial charge is 0.313 e. The van der Waals surface area contributed by atoms with E-state index in [2.05, 4.69) is 25.1 Å².